The van der Waals surface area contributed by atoms with E-state index >= 15 is 0 Å². The summed E-state index contributed by atoms with van der Waals surface area (Å²) in [6.45, 7) is -0.352. The Morgan fingerprint density at radius 1 is 1.56 bits per heavy atom. The Balaban J connectivity index is 0. The molecule has 0 aliphatic carbocycles. The van der Waals surface area contributed by atoms with E-state index in [0.29, 0.717) is 0 Å². The summed E-state index contributed by atoms with van der Waals surface area (Å²) in [6, 6.07) is 0. The summed E-state index contributed by atoms with van der Waals surface area (Å²) in [4.78, 5) is 15.9. The molecular formula is C2H7KNO4P. The van der Waals surface area contributed by atoms with Crippen LogP contribution < -0.4 is 51.4 Å². The fourth-order valence-electron chi connectivity index (χ4n) is 0.165. The maximum absolute atomic E-state index is 9.78. The molecule has 0 amide bonds. The standard InChI is InChI=1S/C2H7NO4P.K/c3-1-2-7-8(4,5)6;/h3H,1-2H2,(H2,4,5,6);/q-1;+1. The third-order valence-electron chi connectivity index (χ3n) is 0.362. The summed E-state index contributed by atoms with van der Waals surface area (Å²) in [6.07, 6.45) is 0. The van der Waals surface area contributed by atoms with E-state index < -0.39 is 7.82 Å². The number of phosphoric acid groups is 1. The second-order valence-electron chi connectivity index (χ2n) is 1.07. The second-order valence-corrected chi connectivity index (χ2v) is 2.31. The van der Waals surface area contributed by atoms with Crippen LogP contribution in [0, 0.1) is 0 Å². The quantitative estimate of drug-likeness (QED) is 0.360. The summed E-state index contributed by atoms with van der Waals surface area (Å²) in [5.41, 5.74) is 6.41. The minimum Gasteiger partial charge on any atom is -0.676 e. The molecule has 7 heteroatoms. The number of hydrogen-bond donors (Lipinski definition) is 2. The van der Waals surface area contributed by atoms with Crippen molar-refractivity contribution in [3.63, 3.8) is 0 Å². The van der Waals surface area contributed by atoms with Crippen LogP contribution in [0.15, 0.2) is 0 Å². The molecule has 0 aromatic carbocycles. The van der Waals surface area contributed by atoms with Crippen LogP contribution in [0.4, 0.5) is 0 Å². The molecule has 0 radical (unpaired) electrons. The van der Waals surface area contributed by atoms with Gasteiger partial charge in [-0.05, 0) is 0 Å². The van der Waals surface area contributed by atoms with E-state index in [1.165, 1.54) is 0 Å². The van der Waals surface area contributed by atoms with E-state index in [2.05, 4.69) is 4.52 Å². The zero-order valence-electron chi connectivity index (χ0n) is 5.07. The molecule has 0 spiro atoms. The minimum absolute atomic E-state index is 0. The molecule has 0 bridgehead atoms. The van der Waals surface area contributed by atoms with Crippen molar-refractivity contribution in [1.82, 2.24) is 0 Å². The summed E-state index contributed by atoms with van der Waals surface area (Å²) in [7, 11) is -4.30. The molecule has 50 valence electrons. The van der Waals surface area contributed by atoms with Crippen molar-refractivity contribution >= 4 is 7.82 Å². The van der Waals surface area contributed by atoms with Crippen LogP contribution in [-0.4, -0.2) is 22.9 Å². The monoisotopic (exact) mass is 179 g/mol. The first kappa shape index (κ1) is 13.3. The predicted octanol–water partition coefficient (Wildman–Crippen LogP) is -2.85. The molecule has 0 fully saturated rings. The van der Waals surface area contributed by atoms with E-state index in [4.69, 9.17) is 15.5 Å². The van der Waals surface area contributed by atoms with E-state index in [1.807, 2.05) is 0 Å². The average molecular weight is 179 g/mol. The smallest absolute Gasteiger partial charge is 0.676 e. The molecule has 9 heavy (non-hydrogen) atoms. The zero-order chi connectivity index (χ0) is 6.62. The Hall–Kier alpha value is 1.71. The Bertz CT molecular complexity index is 103. The molecule has 0 aliphatic rings. The first-order valence-electron chi connectivity index (χ1n) is 1.91. The van der Waals surface area contributed by atoms with Crippen LogP contribution >= 0.6 is 7.82 Å². The van der Waals surface area contributed by atoms with Gasteiger partial charge in [-0.1, -0.05) is 0 Å². The van der Waals surface area contributed by atoms with E-state index in [1.54, 1.807) is 0 Å². The SMILES string of the molecule is [K+].[NH-]CCOP(=O)(O)O. The van der Waals surface area contributed by atoms with Crippen molar-refractivity contribution < 1.29 is 70.3 Å². The summed E-state index contributed by atoms with van der Waals surface area (Å²) < 4.78 is 13.6. The van der Waals surface area contributed by atoms with Gasteiger partial charge in [-0.3, -0.25) is 4.52 Å². The van der Waals surface area contributed by atoms with Crippen molar-refractivity contribution in [2.75, 3.05) is 13.2 Å². The minimum atomic E-state index is -4.30. The normalized spacial score (nSPS) is 10.6. The third-order valence-corrected chi connectivity index (χ3v) is 0.880. The Morgan fingerprint density at radius 3 is 2.11 bits per heavy atom. The molecule has 0 saturated carbocycles. The summed E-state index contributed by atoms with van der Waals surface area (Å²) in [5, 5.41) is 0. The van der Waals surface area contributed by atoms with Gasteiger partial charge < -0.3 is 15.5 Å². The predicted molar refractivity (Wildman–Crippen MR) is 27.2 cm³/mol. The Kier molecular flexibility index (Phi) is 9.49. The number of nitrogens with one attached hydrogen (secondary N) is 1. The largest absolute Gasteiger partial charge is 1.00 e. The van der Waals surface area contributed by atoms with Gasteiger partial charge in [0.1, 0.15) is 0 Å². The summed E-state index contributed by atoms with van der Waals surface area (Å²) in [5.74, 6) is 0. The molecule has 0 unspecified atom stereocenters. The van der Waals surface area contributed by atoms with E-state index in [-0.39, 0.29) is 64.5 Å². The van der Waals surface area contributed by atoms with Crippen LogP contribution in [-0.2, 0) is 9.09 Å². The van der Waals surface area contributed by atoms with Gasteiger partial charge in [-0.25, -0.2) is 4.57 Å². The second kappa shape index (κ2) is 6.42. The molecule has 0 rings (SSSR count). The molecule has 0 saturated heterocycles. The van der Waals surface area contributed by atoms with E-state index in [0.717, 1.165) is 0 Å². The maximum atomic E-state index is 9.78. The molecule has 0 aromatic rings. The van der Waals surface area contributed by atoms with E-state index in [9.17, 15) is 4.57 Å². The van der Waals surface area contributed by atoms with Crippen LogP contribution in [0.5, 0.6) is 0 Å². The van der Waals surface area contributed by atoms with Crippen molar-refractivity contribution in [1.29, 1.82) is 0 Å². The molecular weight excluding hydrogens is 172 g/mol. The molecule has 0 heterocycles. The fourth-order valence-corrected chi connectivity index (χ4v) is 0.494. The number of phosphoric ester groups is 1. The van der Waals surface area contributed by atoms with Gasteiger partial charge in [0, 0.05) is 6.61 Å². The van der Waals surface area contributed by atoms with Crippen LogP contribution in [0.3, 0.4) is 0 Å². The van der Waals surface area contributed by atoms with Crippen LogP contribution in [0.25, 0.3) is 5.73 Å². The third kappa shape index (κ3) is 12.8. The van der Waals surface area contributed by atoms with Gasteiger partial charge >= 0.3 is 59.2 Å². The maximum Gasteiger partial charge on any atom is 1.00 e. The van der Waals surface area contributed by atoms with Crippen LogP contribution in [0.1, 0.15) is 0 Å². The van der Waals surface area contributed by atoms with Crippen molar-refractivity contribution in [3.8, 4) is 0 Å². The Morgan fingerprint density at radius 2 is 2.00 bits per heavy atom. The zero-order valence-corrected chi connectivity index (χ0v) is 9.09. The molecule has 0 aliphatic heterocycles. The number of hydrogen-bond acceptors (Lipinski definition) is 2. The van der Waals surface area contributed by atoms with Crippen molar-refractivity contribution in [2.45, 2.75) is 0 Å². The van der Waals surface area contributed by atoms with Gasteiger partial charge in [0.15, 0.2) is 0 Å². The van der Waals surface area contributed by atoms with Crippen molar-refractivity contribution in [3.05, 3.63) is 5.73 Å². The van der Waals surface area contributed by atoms with Crippen molar-refractivity contribution in [2.24, 2.45) is 0 Å². The first-order chi connectivity index (χ1) is 3.56. The van der Waals surface area contributed by atoms with Gasteiger partial charge in [0.25, 0.3) is 0 Å². The fraction of sp³-hybridized carbons (Fsp3) is 1.00. The van der Waals surface area contributed by atoms with Gasteiger partial charge in [0.2, 0.25) is 0 Å². The average Bonchev–Trinajstić information content (AvgIpc) is 1.59. The number of rotatable bonds is 3. The van der Waals surface area contributed by atoms with Gasteiger partial charge in [-0.2, -0.15) is 0 Å². The first-order valence-corrected chi connectivity index (χ1v) is 3.44. The molecule has 3 N–H and O–H groups in total. The van der Waals surface area contributed by atoms with Gasteiger partial charge in [0.05, 0.1) is 0 Å². The van der Waals surface area contributed by atoms with Crippen LogP contribution in [0.2, 0.25) is 0 Å². The topological polar surface area (TPSA) is 90.6 Å². The molecule has 0 aromatic heterocycles. The molecule has 0 atom stereocenters. The summed E-state index contributed by atoms with van der Waals surface area (Å²) >= 11 is 0. The van der Waals surface area contributed by atoms with Gasteiger partial charge in [-0.15, -0.1) is 6.54 Å². The molecule has 5 nitrogen and oxygen atoms in total. The Labute approximate surface area is 95.6 Å².